The molecule has 2 aromatic heterocycles. The van der Waals surface area contributed by atoms with Gasteiger partial charge < -0.3 is 15.0 Å². The Morgan fingerprint density at radius 1 is 1.41 bits per heavy atom. The third-order valence-corrected chi connectivity index (χ3v) is 7.82. The predicted octanol–water partition coefficient (Wildman–Crippen LogP) is 3.75. The fraction of sp³-hybridized carbons (Fsp3) is 0.600. The molecule has 4 rings (SSSR count). The maximum absolute atomic E-state index is 13.0. The third kappa shape index (κ3) is 3.70. The van der Waals surface area contributed by atoms with Crippen LogP contribution >= 0.6 is 22.7 Å². The van der Waals surface area contributed by atoms with E-state index in [4.69, 9.17) is 4.74 Å². The van der Waals surface area contributed by atoms with Crippen LogP contribution in [0.3, 0.4) is 0 Å². The second-order valence-corrected chi connectivity index (χ2v) is 9.81. The zero-order valence-corrected chi connectivity index (χ0v) is 17.8. The van der Waals surface area contributed by atoms with Crippen LogP contribution in [0.2, 0.25) is 0 Å². The molecule has 146 valence electrons. The average molecular weight is 406 g/mol. The van der Waals surface area contributed by atoms with Crippen molar-refractivity contribution >= 4 is 28.6 Å². The van der Waals surface area contributed by atoms with Gasteiger partial charge in [0.25, 0.3) is 5.91 Å². The lowest BCUT2D eigenvalue weighted by Crippen LogP contribution is -2.44. The number of aromatic nitrogens is 1. The molecule has 0 aromatic carbocycles. The smallest absolute Gasteiger partial charge is 0.264 e. The minimum Gasteiger partial charge on any atom is -0.370 e. The Kier molecular flexibility index (Phi) is 5.38. The number of hydrogen-bond donors (Lipinski definition) is 1. The maximum atomic E-state index is 13.0. The molecule has 5 nitrogen and oxygen atoms in total. The van der Waals surface area contributed by atoms with Crippen molar-refractivity contribution in [1.82, 2.24) is 15.2 Å². The average Bonchev–Trinajstić information content (AvgIpc) is 3.30. The van der Waals surface area contributed by atoms with Crippen LogP contribution in [0.25, 0.3) is 0 Å². The lowest BCUT2D eigenvalue weighted by Gasteiger charge is -2.40. The number of piperidine rings is 1. The highest BCUT2D eigenvalue weighted by Crippen LogP contribution is 2.43. The van der Waals surface area contributed by atoms with E-state index in [1.807, 2.05) is 7.05 Å². The molecule has 4 heterocycles. The maximum Gasteiger partial charge on any atom is 0.264 e. The van der Waals surface area contributed by atoms with Crippen molar-refractivity contribution in [3.63, 3.8) is 0 Å². The van der Waals surface area contributed by atoms with Crippen molar-refractivity contribution < 1.29 is 9.53 Å². The van der Waals surface area contributed by atoms with Crippen molar-refractivity contribution in [3.05, 3.63) is 37.5 Å². The van der Waals surface area contributed by atoms with Crippen LogP contribution in [-0.2, 0) is 23.3 Å². The number of amides is 1. The highest BCUT2D eigenvalue weighted by molar-refractivity contribution is 7.14. The summed E-state index contributed by atoms with van der Waals surface area (Å²) in [5.74, 6) is 0.507. The topological polar surface area (TPSA) is 54.5 Å². The van der Waals surface area contributed by atoms with E-state index in [0.717, 1.165) is 54.5 Å². The predicted molar refractivity (Wildman–Crippen MR) is 110 cm³/mol. The third-order valence-electron chi connectivity index (χ3n) is 5.44. The summed E-state index contributed by atoms with van der Waals surface area (Å²) in [6, 6.07) is 2.10. The SMILES string of the molecule is CC(C)c1nc(CN(C)C(=O)c2cc3c(s2)CCOC32CCNCC2)cs1. The summed E-state index contributed by atoms with van der Waals surface area (Å²) in [4.78, 5) is 21.6. The Bertz CT molecular complexity index is 821. The van der Waals surface area contributed by atoms with Crippen LogP contribution in [-0.4, -0.2) is 42.5 Å². The van der Waals surface area contributed by atoms with Crippen LogP contribution in [0.1, 0.15) is 63.4 Å². The van der Waals surface area contributed by atoms with Gasteiger partial charge in [-0.15, -0.1) is 22.7 Å². The van der Waals surface area contributed by atoms with Crippen LogP contribution < -0.4 is 5.32 Å². The molecule has 0 saturated carbocycles. The van der Waals surface area contributed by atoms with Gasteiger partial charge in [-0.3, -0.25) is 4.79 Å². The molecular formula is C20H27N3O2S2. The van der Waals surface area contributed by atoms with E-state index in [1.165, 1.54) is 10.4 Å². The molecule has 0 aliphatic carbocycles. The molecule has 1 saturated heterocycles. The monoisotopic (exact) mass is 405 g/mol. The molecule has 27 heavy (non-hydrogen) atoms. The number of carbonyl (C=O) groups excluding carboxylic acids is 1. The summed E-state index contributed by atoms with van der Waals surface area (Å²) in [5, 5.41) is 6.61. The molecule has 2 aliphatic heterocycles. The number of thiophene rings is 1. The fourth-order valence-electron chi connectivity index (χ4n) is 3.93. The van der Waals surface area contributed by atoms with Crippen LogP contribution in [0, 0.1) is 0 Å². The number of fused-ring (bicyclic) bond motifs is 2. The second kappa shape index (κ2) is 7.62. The lowest BCUT2D eigenvalue weighted by atomic mass is 9.83. The van der Waals surface area contributed by atoms with E-state index in [9.17, 15) is 4.79 Å². The Labute approximate surface area is 168 Å². The number of nitrogens with zero attached hydrogens (tertiary/aromatic N) is 2. The molecule has 0 bridgehead atoms. The summed E-state index contributed by atoms with van der Waals surface area (Å²) in [5.41, 5.74) is 2.04. The van der Waals surface area contributed by atoms with Gasteiger partial charge in [0, 0.05) is 29.6 Å². The van der Waals surface area contributed by atoms with Crippen molar-refractivity contribution in [2.24, 2.45) is 0 Å². The van der Waals surface area contributed by atoms with Crippen molar-refractivity contribution in [2.45, 2.75) is 51.2 Å². The Hall–Kier alpha value is -1.28. The first-order valence-electron chi connectivity index (χ1n) is 9.66. The van der Waals surface area contributed by atoms with Gasteiger partial charge in [0.2, 0.25) is 0 Å². The first-order chi connectivity index (χ1) is 13.0. The summed E-state index contributed by atoms with van der Waals surface area (Å²) >= 11 is 3.33. The molecule has 1 spiro atoms. The van der Waals surface area contributed by atoms with Crippen LogP contribution in [0.4, 0.5) is 0 Å². The minimum atomic E-state index is -0.187. The van der Waals surface area contributed by atoms with Gasteiger partial charge in [-0.05, 0) is 37.6 Å². The summed E-state index contributed by atoms with van der Waals surface area (Å²) < 4.78 is 6.24. The lowest BCUT2D eigenvalue weighted by molar-refractivity contribution is -0.0792. The second-order valence-electron chi connectivity index (χ2n) is 7.78. The zero-order valence-electron chi connectivity index (χ0n) is 16.2. The van der Waals surface area contributed by atoms with Gasteiger partial charge in [0.15, 0.2) is 0 Å². The number of nitrogens with one attached hydrogen (secondary N) is 1. The molecule has 0 unspecified atom stereocenters. The molecule has 0 radical (unpaired) electrons. The molecule has 1 N–H and O–H groups in total. The first kappa shape index (κ1) is 19.1. The van der Waals surface area contributed by atoms with Crippen LogP contribution in [0.15, 0.2) is 11.4 Å². The normalized spacial score (nSPS) is 18.7. The van der Waals surface area contributed by atoms with Gasteiger partial charge in [-0.25, -0.2) is 4.98 Å². The number of thiazole rings is 1. The standard InChI is InChI=1S/C20H27N3O2S2/c1-13(2)18-22-14(12-26-18)11-23(3)19(24)17-10-15-16(27-17)4-9-25-20(15)5-7-21-8-6-20/h10,12-13,21H,4-9,11H2,1-3H3. The summed E-state index contributed by atoms with van der Waals surface area (Å²) in [6.45, 7) is 7.55. The van der Waals surface area contributed by atoms with E-state index in [1.54, 1.807) is 27.6 Å². The zero-order chi connectivity index (χ0) is 19.0. The van der Waals surface area contributed by atoms with Gasteiger partial charge in [0.05, 0.1) is 34.3 Å². The van der Waals surface area contributed by atoms with Gasteiger partial charge in [-0.2, -0.15) is 0 Å². The Morgan fingerprint density at radius 3 is 2.89 bits per heavy atom. The number of carbonyl (C=O) groups is 1. The van der Waals surface area contributed by atoms with Gasteiger partial charge in [-0.1, -0.05) is 13.8 Å². The summed E-state index contributed by atoms with van der Waals surface area (Å²) in [6.07, 6.45) is 2.88. The fourth-order valence-corrected chi connectivity index (χ4v) is 5.98. The van der Waals surface area contributed by atoms with Crippen molar-refractivity contribution in [1.29, 1.82) is 0 Å². The van der Waals surface area contributed by atoms with E-state index in [0.29, 0.717) is 12.5 Å². The highest BCUT2D eigenvalue weighted by atomic mass is 32.1. The van der Waals surface area contributed by atoms with Crippen molar-refractivity contribution in [2.75, 3.05) is 26.7 Å². The molecule has 1 amide bonds. The largest absolute Gasteiger partial charge is 0.370 e. The van der Waals surface area contributed by atoms with E-state index in [-0.39, 0.29) is 11.5 Å². The van der Waals surface area contributed by atoms with Gasteiger partial charge in [0.1, 0.15) is 0 Å². The quantitative estimate of drug-likeness (QED) is 0.842. The molecule has 0 atom stereocenters. The highest BCUT2D eigenvalue weighted by Gasteiger charge is 2.40. The Balaban J connectivity index is 1.52. The van der Waals surface area contributed by atoms with Crippen molar-refractivity contribution in [3.8, 4) is 0 Å². The minimum absolute atomic E-state index is 0.0811. The van der Waals surface area contributed by atoms with E-state index >= 15 is 0 Å². The number of hydrogen-bond acceptors (Lipinski definition) is 6. The molecule has 1 fully saturated rings. The molecule has 2 aliphatic rings. The van der Waals surface area contributed by atoms with Gasteiger partial charge >= 0.3 is 0 Å². The molecule has 7 heteroatoms. The number of rotatable bonds is 4. The van der Waals surface area contributed by atoms with E-state index < -0.39 is 0 Å². The number of ether oxygens (including phenoxy) is 1. The first-order valence-corrected chi connectivity index (χ1v) is 11.4. The van der Waals surface area contributed by atoms with Crippen LogP contribution in [0.5, 0.6) is 0 Å². The summed E-state index contributed by atoms with van der Waals surface area (Å²) in [7, 11) is 1.87. The molecule has 2 aromatic rings. The van der Waals surface area contributed by atoms with E-state index in [2.05, 4.69) is 35.6 Å². The molecular weight excluding hydrogens is 378 g/mol. The Morgan fingerprint density at radius 2 is 2.19 bits per heavy atom.